The van der Waals surface area contributed by atoms with E-state index in [0.717, 1.165) is 23.8 Å². The minimum Gasteiger partial charge on any atom is -0.315 e. The Labute approximate surface area is 135 Å². The molecule has 2 rings (SSSR count). The molecule has 0 spiro atoms. The highest BCUT2D eigenvalue weighted by atomic mass is 35.5. The van der Waals surface area contributed by atoms with Crippen LogP contribution in [-0.2, 0) is 16.6 Å². The molecule has 1 N–H and O–H groups in total. The number of nitrogens with zero attached hydrogens (tertiary/aromatic N) is 3. The molecular formula is C12H21ClF2N4O2S. The van der Waals surface area contributed by atoms with Gasteiger partial charge in [-0.1, -0.05) is 6.92 Å². The molecule has 0 amide bonds. The summed E-state index contributed by atoms with van der Waals surface area (Å²) in [5.41, 5.74) is 0. The first-order chi connectivity index (χ1) is 9.95. The van der Waals surface area contributed by atoms with Crippen molar-refractivity contribution in [1.29, 1.82) is 0 Å². The lowest BCUT2D eigenvalue weighted by molar-refractivity contribution is 0.121. The van der Waals surface area contributed by atoms with Crippen LogP contribution in [0.5, 0.6) is 0 Å². The SMILES string of the molecule is CCCN(C1CCNC1)S(=O)(=O)c1cnn(CC(F)F)c1.Cl. The molecule has 128 valence electrons. The summed E-state index contributed by atoms with van der Waals surface area (Å²) >= 11 is 0. The number of hydrogen-bond acceptors (Lipinski definition) is 4. The zero-order chi connectivity index (χ0) is 15.5. The highest BCUT2D eigenvalue weighted by Gasteiger charge is 2.33. The molecule has 1 atom stereocenters. The molecule has 0 bridgehead atoms. The van der Waals surface area contributed by atoms with Gasteiger partial charge < -0.3 is 5.32 Å². The van der Waals surface area contributed by atoms with Crippen molar-refractivity contribution in [3.63, 3.8) is 0 Å². The van der Waals surface area contributed by atoms with Gasteiger partial charge in [-0.15, -0.1) is 12.4 Å². The van der Waals surface area contributed by atoms with E-state index >= 15 is 0 Å². The Hall–Kier alpha value is -0.770. The number of hydrogen-bond donors (Lipinski definition) is 1. The van der Waals surface area contributed by atoms with Crippen molar-refractivity contribution in [3.8, 4) is 0 Å². The third-order valence-electron chi connectivity index (χ3n) is 3.43. The van der Waals surface area contributed by atoms with Crippen LogP contribution >= 0.6 is 12.4 Å². The summed E-state index contributed by atoms with van der Waals surface area (Å²) in [6.07, 6.45) is 1.20. The van der Waals surface area contributed by atoms with Gasteiger partial charge in [0.05, 0.1) is 6.20 Å². The fourth-order valence-electron chi connectivity index (χ4n) is 2.46. The van der Waals surface area contributed by atoms with Crippen molar-refractivity contribution in [2.45, 2.75) is 43.7 Å². The Bertz CT molecular complexity index is 561. The van der Waals surface area contributed by atoms with Crippen LogP contribution < -0.4 is 5.32 Å². The van der Waals surface area contributed by atoms with Crippen LogP contribution in [0.1, 0.15) is 19.8 Å². The van der Waals surface area contributed by atoms with Crippen molar-refractivity contribution in [3.05, 3.63) is 12.4 Å². The molecule has 1 aromatic rings. The van der Waals surface area contributed by atoms with E-state index in [1.807, 2.05) is 6.92 Å². The van der Waals surface area contributed by atoms with E-state index in [-0.39, 0.29) is 23.3 Å². The van der Waals surface area contributed by atoms with Crippen molar-refractivity contribution >= 4 is 22.4 Å². The number of nitrogens with one attached hydrogen (secondary N) is 1. The second-order valence-corrected chi connectivity index (χ2v) is 6.94. The van der Waals surface area contributed by atoms with Crippen LogP contribution in [0.25, 0.3) is 0 Å². The Morgan fingerprint density at radius 1 is 1.55 bits per heavy atom. The van der Waals surface area contributed by atoms with Crippen molar-refractivity contribution in [2.24, 2.45) is 0 Å². The van der Waals surface area contributed by atoms with Gasteiger partial charge in [0.2, 0.25) is 10.0 Å². The lowest BCUT2D eigenvalue weighted by atomic mass is 10.2. The molecule has 1 saturated heterocycles. The molecule has 1 aliphatic rings. The fraction of sp³-hybridized carbons (Fsp3) is 0.750. The van der Waals surface area contributed by atoms with Crippen LogP contribution in [0.15, 0.2) is 17.3 Å². The van der Waals surface area contributed by atoms with Crippen LogP contribution in [-0.4, -0.2) is 54.6 Å². The zero-order valence-corrected chi connectivity index (χ0v) is 13.9. The Morgan fingerprint density at radius 2 is 2.27 bits per heavy atom. The van der Waals surface area contributed by atoms with Gasteiger partial charge in [0.15, 0.2) is 0 Å². The molecule has 6 nitrogen and oxygen atoms in total. The molecule has 1 aliphatic heterocycles. The lowest BCUT2D eigenvalue weighted by Crippen LogP contribution is -2.41. The van der Waals surface area contributed by atoms with Gasteiger partial charge in [0.1, 0.15) is 11.4 Å². The summed E-state index contributed by atoms with van der Waals surface area (Å²) in [6, 6.07) is -0.0894. The summed E-state index contributed by atoms with van der Waals surface area (Å²) in [6.45, 7) is 3.11. The monoisotopic (exact) mass is 358 g/mol. The van der Waals surface area contributed by atoms with Crippen molar-refractivity contribution < 1.29 is 17.2 Å². The minimum atomic E-state index is -3.70. The normalized spacial score (nSPS) is 18.9. The van der Waals surface area contributed by atoms with E-state index < -0.39 is 23.0 Å². The summed E-state index contributed by atoms with van der Waals surface area (Å²) in [7, 11) is -3.70. The number of sulfonamides is 1. The lowest BCUT2D eigenvalue weighted by Gasteiger charge is -2.26. The summed E-state index contributed by atoms with van der Waals surface area (Å²) < 4.78 is 52.4. The van der Waals surface area contributed by atoms with E-state index in [1.54, 1.807) is 0 Å². The zero-order valence-electron chi connectivity index (χ0n) is 12.3. The van der Waals surface area contributed by atoms with E-state index in [1.165, 1.54) is 10.5 Å². The Kier molecular flexibility index (Phi) is 7.17. The van der Waals surface area contributed by atoms with Gasteiger partial charge in [0, 0.05) is 25.3 Å². The first-order valence-electron chi connectivity index (χ1n) is 6.98. The van der Waals surface area contributed by atoms with Gasteiger partial charge in [-0.3, -0.25) is 4.68 Å². The number of rotatable bonds is 7. The first-order valence-corrected chi connectivity index (χ1v) is 8.42. The highest BCUT2D eigenvalue weighted by Crippen LogP contribution is 2.21. The van der Waals surface area contributed by atoms with Gasteiger partial charge in [-0.25, -0.2) is 17.2 Å². The Morgan fingerprint density at radius 3 is 2.82 bits per heavy atom. The molecule has 1 aromatic heterocycles. The van der Waals surface area contributed by atoms with Crippen LogP contribution in [0.4, 0.5) is 8.78 Å². The minimum absolute atomic E-state index is 0. The second-order valence-electron chi connectivity index (χ2n) is 5.05. The van der Waals surface area contributed by atoms with Crippen LogP contribution in [0.3, 0.4) is 0 Å². The van der Waals surface area contributed by atoms with E-state index in [9.17, 15) is 17.2 Å². The number of halogens is 3. The standard InChI is InChI=1S/C12H20F2N4O2S.ClH/c1-2-5-18(10-3-4-15-6-10)21(19,20)11-7-16-17(8-11)9-12(13)14;/h7-8,10,12,15H,2-6,9H2,1H3;1H. The van der Waals surface area contributed by atoms with Gasteiger partial charge in [-0.05, 0) is 19.4 Å². The van der Waals surface area contributed by atoms with E-state index in [2.05, 4.69) is 10.4 Å². The van der Waals surface area contributed by atoms with Crippen LogP contribution in [0, 0.1) is 0 Å². The molecule has 1 fully saturated rings. The number of aromatic nitrogens is 2. The predicted octanol–water partition coefficient (Wildman–Crippen LogP) is 1.33. The van der Waals surface area contributed by atoms with Crippen molar-refractivity contribution in [2.75, 3.05) is 19.6 Å². The van der Waals surface area contributed by atoms with Gasteiger partial charge in [0.25, 0.3) is 6.43 Å². The highest BCUT2D eigenvalue weighted by molar-refractivity contribution is 7.89. The average molecular weight is 359 g/mol. The van der Waals surface area contributed by atoms with Crippen LogP contribution in [0.2, 0.25) is 0 Å². The summed E-state index contributed by atoms with van der Waals surface area (Å²) in [4.78, 5) is -0.0245. The fourth-order valence-corrected chi connectivity index (χ4v) is 4.16. The molecule has 2 heterocycles. The quantitative estimate of drug-likeness (QED) is 0.798. The summed E-state index contributed by atoms with van der Waals surface area (Å²) in [5.74, 6) is 0. The third kappa shape index (κ3) is 4.37. The molecule has 0 aromatic carbocycles. The largest absolute Gasteiger partial charge is 0.315 e. The molecule has 0 aliphatic carbocycles. The first kappa shape index (κ1) is 19.3. The molecule has 22 heavy (non-hydrogen) atoms. The molecule has 0 radical (unpaired) electrons. The van der Waals surface area contributed by atoms with Gasteiger partial charge >= 0.3 is 0 Å². The number of alkyl halides is 2. The van der Waals surface area contributed by atoms with E-state index in [4.69, 9.17) is 0 Å². The summed E-state index contributed by atoms with van der Waals surface area (Å²) in [5, 5.41) is 6.85. The smallest absolute Gasteiger partial charge is 0.257 e. The van der Waals surface area contributed by atoms with Gasteiger partial charge in [-0.2, -0.15) is 9.40 Å². The maximum Gasteiger partial charge on any atom is 0.257 e. The molecule has 0 saturated carbocycles. The third-order valence-corrected chi connectivity index (χ3v) is 5.33. The van der Waals surface area contributed by atoms with Crippen molar-refractivity contribution in [1.82, 2.24) is 19.4 Å². The molecule has 1 unspecified atom stereocenters. The average Bonchev–Trinajstić information content (AvgIpc) is 3.05. The molecule has 10 heteroatoms. The predicted molar refractivity (Wildman–Crippen MR) is 80.9 cm³/mol. The second kappa shape index (κ2) is 8.19. The Balaban J connectivity index is 0.00000242. The topological polar surface area (TPSA) is 67.2 Å². The molecular weight excluding hydrogens is 338 g/mol. The van der Waals surface area contributed by atoms with E-state index in [0.29, 0.717) is 19.5 Å². The maximum absolute atomic E-state index is 12.7. The maximum atomic E-state index is 12.7.